The van der Waals surface area contributed by atoms with Crippen LogP contribution in [0.1, 0.15) is 175 Å². The molecule has 0 amide bonds. The summed E-state index contributed by atoms with van der Waals surface area (Å²) in [5.41, 5.74) is 0. The van der Waals surface area contributed by atoms with Gasteiger partial charge in [0, 0.05) is 0 Å². The second kappa shape index (κ2) is 37.4. The summed E-state index contributed by atoms with van der Waals surface area (Å²) in [6, 6.07) is 0. The molecule has 0 aromatic heterocycles. The molecule has 0 aromatic carbocycles. The fourth-order valence-corrected chi connectivity index (χ4v) is 5.63. The number of unbranched alkanes of at least 4 members (excludes halogenated alkanes) is 21. The van der Waals surface area contributed by atoms with E-state index in [1.165, 1.54) is 116 Å². The molecule has 0 bridgehead atoms. The number of phosphoric acid groups is 1. The fraction of sp³-hybridized carbons (Fsp3) is 1.00. The van der Waals surface area contributed by atoms with E-state index < -0.39 is 7.82 Å². The predicted molar refractivity (Wildman–Crippen MR) is 153 cm³/mol. The minimum Gasteiger partial charge on any atom is -0.287 e. The van der Waals surface area contributed by atoms with Gasteiger partial charge in [-0.1, -0.05) is 156 Å². The standard InChI is InChI=1S/C30H63O4P.2K/c1-4-7-10-13-16-19-22-25-28-32-35(31,33-29-26-23-20-17-14-11-8-5-2)34-30-27-24-21-18-15-12-9-6-3;;/h4-30H2,1-3H3;;/q;2*+1. The van der Waals surface area contributed by atoms with Crippen LogP contribution in [0.15, 0.2) is 0 Å². The molecule has 0 saturated heterocycles. The van der Waals surface area contributed by atoms with Crippen LogP contribution in [-0.4, -0.2) is 19.8 Å². The third kappa shape index (κ3) is 35.5. The maximum Gasteiger partial charge on any atom is 1.00 e. The van der Waals surface area contributed by atoms with Crippen LogP contribution in [0.25, 0.3) is 0 Å². The molecular formula is C30H63K2O4P+2. The zero-order valence-corrected chi connectivity index (χ0v) is 33.3. The Hall–Kier alpha value is 3.38. The Morgan fingerprint density at radius 3 is 0.757 bits per heavy atom. The summed E-state index contributed by atoms with van der Waals surface area (Å²) in [6.07, 6.45) is 29.7. The molecule has 0 fully saturated rings. The first-order chi connectivity index (χ1) is 17.2. The van der Waals surface area contributed by atoms with Crippen LogP contribution in [-0.2, 0) is 18.1 Å². The summed E-state index contributed by atoms with van der Waals surface area (Å²) in [5, 5.41) is 0. The molecule has 0 aliphatic heterocycles. The molecule has 37 heavy (non-hydrogen) atoms. The molecule has 0 radical (unpaired) electrons. The smallest absolute Gasteiger partial charge is 0.287 e. The molecule has 0 aliphatic carbocycles. The molecule has 4 nitrogen and oxygen atoms in total. The minimum atomic E-state index is -3.43. The Kier molecular flexibility index (Phi) is 45.3. The van der Waals surface area contributed by atoms with Crippen molar-refractivity contribution in [3.8, 4) is 0 Å². The topological polar surface area (TPSA) is 44.8 Å². The van der Waals surface area contributed by atoms with Gasteiger partial charge in [0.1, 0.15) is 0 Å². The average molecular weight is 597 g/mol. The summed E-state index contributed by atoms with van der Waals surface area (Å²) in [6.45, 7) is 8.18. The van der Waals surface area contributed by atoms with Crippen LogP contribution in [0, 0.1) is 0 Å². The van der Waals surface area contributed by atoms with E-state index >= 15 is 0 Å². The zero-order chi connectivity index (χ0) is 25.7. The molecule has 0 aromatic rings. The molecule has 0 aliphatic rings. The minimum absolute atomic E-state index is 0. The van der Waals surface area contributed by atoms with Gasteiger partial charge in [-0.2, -0.15) is 0 Å². The van der Waals surface area contributed by atoms with Gasteiger partial charge >= 0.3 is 111 Å². The first-order valence-electron chi connectivity index (χ1n) is 15.7. The van der Waals surface area contributed by atoms with Crippen molar-refractivity contribution in [3.05, 3.63) is 0 Å². The predicted octanol–water partition coefficient (Wildman–Crippen LogP) is 5.57. The molecule has 0 saturated carbocycles. The number of hydrogen-bond acceptors (Lipinski definition) is 4. The number of phosphoric ester groups is 1. The van der Waals surface area contributed by atoms with E-state index in [1.807, 2.05) is 0 Å². The Labute approximate surface area is 318 Å². The molecule has 0 atom stereocenters. The quantitative estimate of drug-likeness (QED) is 0.0618. The SMILES string of the molecule is CCCCCCCCCCOP(=O)(OCCCCCCCCCC)OCCCCCCCCCC.[K+].[K+]. The molecule has 0 heterocycles. The summed E-state index contributed by atoms with van der Waals surface area (Å²) in [5.74, 6) is 0. The molecule has 0 N–H and O–H groups in total. The van der Waals surface area contributed by atoms with Crippen LogP contribution in [0.2, 0.25) is 0 Å². The van der Waals surface area contributed by atoms with E-state index in [1.54, 1.807) is 0 Å². The molecule has 0 rings (SSSR count). The number of hydrogen-bond donors (Lipinski definition) is 0. The zero-order valence-electron chi connectivity index (χ0n) is 26.2. The van der Waals surface area contributed by atoms with Gasteiger partial charge in [0.15, 0.2) is 0 Å². The third-order valence-electron chi connectivity index (χ3n) is 6.74. The van der Waals surface area contributed by atoms with E-state index in [9.17, 15) is 4.57 Å². The van der Waals surface area contributed by atoms with Crippen LogP contribution in [0.5, 0.6) is 0 Å². The van der Waals surface area contributed by atoms with Crippen LogP contribution in [0.4, 0.5) is 0 Å². The van der Waals surface area contributed by atoms with E-state index in [-0.39, 0.29) is 103 Å². The van der Waals surface area contributed by atoms with Crippen molar-refractivity contribution in [2.24, 2.45) is 0 Å². The van der Waals surface area contributed by atoms with Gasteiger partial charge in [-0.05, 0) is 19.3 Å². The van der Waals surface area contributed by atoms with Gasteiger partial charge in [-0.3, -0.25) is 13.6 Å². The Balaban J connectivity index is -0.00000578. The van der Waals surface area contributed by atoms with Crippen molar-refractivity contribution < 1.29 is 121 Å². The second-order valence-electron chi connectivity index (χ2n) is 10.4. The van der Waals surface area contributed by atoms with Gasteiger partial charge in [-0.15, -0.1) is 0 Å². The van der Waals surface area contributed by atoms with E-state index in [2.05, 4.69) is 20.8 Å². The van der Waals surface area contributed by atoms with Gasteiger partial charge < -0.3 is 0 Å². The third-order valence-corrected chi connectivity index (χ3v) is 8.24. The number of rotatable bonds is 30. The van der Waals surface area contributed by atoms with Crippen molar-refractivity contribution in [2.45, 2.75) is 175 Å². The maximum absolute atomic E-state index is 13.2. The van der Waals surface area contributed by atoms with Crippen molar-refractivity contribution in [1.82, 2.24) is 0 Å². The Bertz CT molecular complexity index is 393. The molecular weight excluding hydrogens is 533 g/mol. The average Bonchev–Trinajstić information content (AvgIpc) is 2.86. The van der Waals surface area contributed by atoms with Gasteiger partial charge in [-0.25, -0.2) is 4.57 Å². The summed E-state index contributed by atoms with van der Waals surface area (Å²) in [7, 11) is -3.43. The fourth-order valence-electron chi connectivity index (χ4n) is 4.35. The van der Waals surface area contributed by atoms with Gasteiger partial charge in [0.25, 0.3) is 0 Å². The van der Waals surface area contributed by atoms with E-state index in [0.717, 1.165) is 38.5 Å². The van der Waals surface area contributed by atoms with Crippen molar-refractivity contribution >= 4 is 7.82 Å². The first-order valence-corrected chi connectivity index (χ1v) is 17.2. The Morgan fingerprint density at radius 1 is 0.351 bits per heavy atom. The van der Waals surface area contributed by atoms with Gasteiger partial charge in [0.05, 0.1) is 19.8 Å². The molecule has 0 spiro atoms. The van der Waals surface area contributed by atoms with E-state index in [0.29, 0.717) is 19.8 Å². The largest absolute Gasteiger partial charge is 1.00 e. The Morgan fingerprint density at radius 2 is 0.541 bits per heavy atom. The maximum atomic E-state index is 13.2. The summed E-state index contributed by atoms with van der Waals surface area (Å²) in [4.78, 5) is 0. The van der Waals surface area contributed by atoms with Crippen molar-refractivity contribution in [2.75, 3.05) is 19.8 Å². The van der Waals surface area contributed by atoms with E-state index in [4.69, 9.17) is 13.6 Å². The molecule has 7 heteroatoms. The van der Waals surface area contributed by atoms with Crippen LogP contribution in [0.3, 0.4) is 0 Å². The normalized spacial score (nSPS) is 11.3. The van der Waals surface area contributed by atoms with Crippen molar-refractivity contribution in [1.29, 1.82) is 0 Å². The van der Waals surface area contributed by atoms with Crippen molar-refractivity contribution in [3.63, 3.8) is 0 Å². The van der Waals surface area contributed by atoms with Crippen LogP contribution >= 0.6 is 7.82 Å². The molecule has 212 valence electrons. The van der Waals surface area contributed by atoms with Crippen LogP contribution < -0.4 is 103 Å². The summed E-state index contributed by atoms with van der Waals surface area (Å²) < 4.78 is 30.4. The first kappa shape index (κ1) is 44.8. The molecule has 0 unspecified atom stereocenters. The monoisotopic (exact) mass is 596 g/mol. The second-order valence-corrected chi connectivity index (χ2v) is 12.0. The summed E-state index contributed by atoms with van der Waals surface area (Å²) >= 11 is 0. The van der Waals surface area contributed by atoms with Gasteiger partial charge in [0.2, 0.25) is 0 Å².